The average molecular weight is 650 g/mol. The minimum Gasteiger partial charge on any atom is -0.385 e. The zero-order valence-electron chi connectivity index (χ0n) is 28.3. The van der Waals surface area contributed by atoms with Gasteiger partial charge in [0.2, 0.25) is 5.91 Å². The molecule has 2 saturated carbocycles. The molecular formula is C34H51N7O4Si. The van der Waals surface area contributed by atoms with Gasteiger partial charge in [-0.1, -0.05) is 26.6 Å². The monoisotopic (exact) mass is 649 g/mol. The standard InChI is InChI=1S/C34H51N7O4Si/c1-7-28-30(23(2)39-41(28)22-45-19-20-46(4,5)6)27-14-13-26(21-35-27)37-34(43)32(31(24-9-10-24)25-11-12-25)38-33(42)29-15-16-36-40(29)17-8-18-44-3/h13-16,21,24-25,31-32H,7-12,17-20,22H2,1-6H3,(H,37,43)(H,38,42)/t32-/m0/s1. The molecule has 5 rings (SSSR count). The number of nitrogens with zero attached hydrogens (tertiary/aromatic N) is 5. The highest BCUT2D eigenvalue weighted by Gasteiger charge is 2.48. The molecule has 2 amide bonds. The van der Waals surface area contributed by atoms with Crippen LogP contribution in [0.15, 0.2) is 30.6 Å². The van der Waals surface area contributed by atoms with Crippen molar-refractivity contribution in [3.05, 3.63) is 47.7 Å². The Bertz CT molecular complexity index is 1460. The predicted octanol–water partition coefficient (Wildman–Crippen LogP) is 5.53. The van der Waals surface area contributed by atoms with Gasteiger partial charge in [-0.3, -0.25) is 19.3 Å². The van der Waals surface area contributed by atoms with Crippen LogP contribution in [-0.4, -0.2) is 70.8 Å². The number of carbonyl (C=O) groups is 2. The number of carbonyl (C=O) groups excluding carboxylic acids is 2. The molecule has 0 aromatic carbocycles. The van der Waals surface area contributed by atoms with E-state index in [0.29, 0.717) is 43.1 Å². The van der Waals surface area contributed by atoms with Gasteiger partial charge in [0.15, 0.2) is 0 Å². The van der Waals surface area contributed by atoms with Crippen molar-refractivity contribution in [2.24, 2.45) is 17.8 Å². The Morgan fingerprint density at radius 3 is 2.41 bits per heavy atom. The van der Waals surface area contributed by atoms with E-state index in [-0.39, 0.29) is 17.7 Å². The lowest BCUT2D eigenvalue weighted by Crippen LogP contribution is -2.50. The molecule has 2 N–H and O–H groups in total. The second kappa shape index (κ2) is 15.0. The van der Waals surface area contributed by atoms with E-state index in [4.69, 9.17) is 19.6 Å². The summed E-state index contributed by atoms with van der Waals surface area (Å²) in [5.74, 6) is 0.559. The Morgan fingerprint density at radius 1 is 1.07 bits per heavy atom. The molecule has 3 aromatic rings. The largest absolute Gasteiger partial charge is 0.385 e. The zero-order valence-corrected chi connectivity index (χ0v) is 29.3. The normalized spacial score (nSPS) is 15.7. The van der Waals surface area contributed by atoms with Gasteiger partial charge in [0.05, 0.1) is 29.0 Å². The quantitative estimate of drug-likeness (QED) is 0.137. The van der Waals surface area contributed by atoms with Gasteiger partial charge in [0.1, 0.15) is 18.5 Å². The molecule has 0 aliphatic heterocycles. The molecule has 0 unspecified atom stereocenters. The van der Waals surface area contributed by atoms with E-state index in [1.807, 2.05) is 23.7 Å². The minimum absolute atomic E-state index is 0.120. The van der Waals surface area contributed by atoms with Crippen LogP contribution in [0.3, 0.4) is 0 Å². The summed E-state index contributed by atoms with van der Waals surface area (Å²) in [6.45, 7) is 13.5. The summed E-state index contributed by atoms with van der Waals surface area (Å²) in [6.07, 6.45) is 9.25. The molecule has 250 valence electrons. The summed E-state index contributed by atoms with van der Waals surface area (Å²) in [4.78, 5) is 32.2. The first-order chi connectivity index (χ1) is 22.1. The van der Waals surface area contributed by atoms with E-state index >= 15 is 0 Å². The SMILES string of the molecule is CCc1c(-c2ccc(NC(=O)[C@@H](NC(=O)c3ccnn3CCCOC)C(C3CC3)C3CC3)cn2)c(C)nn1COCC[Si](C)(C)C. The van der Waals surface area contributed by atoms with E-state index in [9.17, 15) is 9.59 Å². The molecule has 0 bridgehead atoms. The lowest BCUT2D eigenvalue weighted by Gasteiger charge is -2.27. The fraction of sp³-hybridized carbons (Fsp3) is 0.618. The van der Waals surface area contributed by atoms with E-state index in [0.717, 1.165) is 73.8 Å². The molecule has 1 atom stereocenters. The van der Waals surface area contributed by atoms with Crippen LogP contribution in [0, 0.1) is 24.7 Å². The summed E-state index contributed by atoms with van der Waals surface area (Å²) < 4.78 is 14.8. The number of amides is 2. The van der Waals surface area contributed by atoms with Gasteiger partial charge in [-0.15, -0.1) is 0 Å². The number of methoxy groups -OCH3 is 1. The first-order valence-electron chi connectivity index (χ1n) is 16.8. The van der Waals surface area contributed by atoms with Crippen molar-refractivity contribution in [3.8, 4) is 11.3 Å². The highest BCUT2D eigenvalue weighted by atomic mass is 28.3. The minimum atomic E-state index is -1.16. The Kier molecular flexibility index (Phi) is 11.1. The van der Waals surface area contributed by atoms with Gasteiger partial charge >= 0.3 is 0 Å². The lowest BCUT2D eigenvalue weighted by molar-refractivity contribution is -0.119. The fourth-order valence-electron chi connectivity index (χ4n) is 6.30. The summed E-state index contributed by atoms with van der Waals surface area (Å²) in [5.41, 5.74) is 4.84. The van der Waals surface area contributed by atoms with Gasteiger partial charge in [-0.2, -0.15) is 10.2 Å². The summed E-state index contributed by atoms with van der Waals surface area (Å²) in [5, 5.41) is 15.3. The third-order valence-electron chi connectivity index (χ3n) is 9.02. The Labute approximate surface area is 273 Å². The van der Waals surface area contributed by atoms with Crippen LogP contribution in [0.5, 0.6) is 0 Å². The topological polar surface area (TPSA) is 125 Å². The molecule has 3 aromatic heterocycles. The highest BCUT2D eigenvalue weighted by molar-refractivity contribution is 6.76. The number of anilines is 1. The number of hydrogen-bond donors (Lipinski definition) is 2. The predicted molar refractivity (Wildman–Crippen MR) is 181 cm³/mol. The van der Waals surface area contributed by atoms with Crippen molar-refractivity contribution in [2.75, 3.05) is 25.6 Å². The highest BCUT2D eigenvalue weighted by Crippen LogP contribution is 2.51. The molecule has 0 spiro atoms. The van der Waals surface area contributed by atoms with Crippen LogP contribution in [0.1, 0.15) is 60.9 Å². The number of rotatable bonds is 18. The van der Waals surface area contributed by atoms with Gasteiger partial charge in [0, 0.05) is 46.7 Å². The van der Waals surface area contributed by atoms with Crippen LogP contribution < -0.4 is 10.6 Å². The number of hydrogen-bond acceptors (Lipinski definition) is 7. The number of ether oxygens (including phenoxy) is 2. The van der Waals surface area contributed by atoms with E-state index < -0.39 is 14.1 Å². The van der Waals surface area contributed by atoms with E-state index in [1.54, 1.807) is 30.3 Å². The molecule has 2 aliphatic rings. The fourth-order valence-corrected chi connectivity index (χ4v) is 7.06. The third kappa shape index (κ3) is 8.71. The van der Waals surface area contributed by atoms with Crippen LogP contribution >= 0.6 is 0 Å². The van der Waals surface area contributed by atoms with Crippen LogP contribution in [-0.2, 0) is 34.0 Å². The smallest absolute Gasteiger partial charge is 0.270 e. The Hall–Kier alpha value is -3.35. The molecule has 11 nitrogen and oxygen atoms in total. The lowest BCUT2D eigenvalue weighted by atomic mass is 9.88. The molecule has 2 fully saturated rings. The van der Waals surface area contributed by atoms with Gasteiger partial charge in [0.25, 0.3) is 5.91 Å². The van der Waals surface area contributed by atoms with Crippen molar-refractivity contribution < 1.29 is 19.1 Å². The van der Waals surface area contributed by atoms with Gasteiger partial charge in [-0.25, -0.2) is 4.68 Å². The second-order valence-corrected chi connectivity index (χ2v) is 19.6. The van der Waals surface area contributed by atoms with Gasteiger partial charge < -0.3 is 20.1 Å². The van der Waals surface area contributed by atoms with E-state index in [1.165, 1.54) is 0 Å². The molecule has 0 saturated heterocycles. The molecule has 46 heavy (non-hydrogen) atoms. The van der Waals surface area contributed by atoms with Crippen molar-refractivity contribution in [1.29, 1.82) is 0 Å². The average Bonchev–Trinajstić information content (AvgIpc) is 3.95. The van der Waals surface area contributed by atoms with Crippen LogP contribution in [0.2, 0.25) is 25.7 Å². The van der Waals surface area contributed by atoms with Crippen LogP contribution in [0.4, 0.5) is 5.69 Å². The molecule has 0 radical (unpaired) electrons. The maximum absolute atomic E-state index is 13.9. The Morgan fingerprint density at radius 2 is 1.80 bits per heavy atom. The first-order valence-corrected chi connectivity index (χ1v) is 20.5. The van der Waals surface area contributed by atoms with Gasteiger partial charge in [-0.05, 0) is 87.4 Å². The number of aryl methyl sites for hydroxylation is 2. The number of aromatic nitrogens is 5. The van der Waals surface area contributed by atoms with E-state index in [2.05, 4.69) is 42.3 Å². The first kappa shape index (κ1) is 34.0. The van der Waals surface area contributed by atoms with Crippen molar-refractivity contribution in [1.82, 2.24) is 29.9 Å². The molecule has 3 heterocycles. The number of pyridine rings is 1. The maximum atomic E-state index is 13.9. The Balaban J connectivity index is 1.29. The molecular weight excluding hydrogens is 599 g/mol. The third-order valence-corrected chi connectivity index (χ3v) is 10.7. The maximum Gasteiger partial charge on any atom is 0.270 e. The molecule has 12 heteroatoms. The second-order valence-electron chi connectivity index (χ2n) is 14.0. The van der Waals surface area contributed by atoms with Crippen LogP contribution in [0.25, 0.3) is 11.3 Å². The summed E-state index contributed by atoms with van der Waals surface area (Å²) in [6, 6.07) is 6.00. The van der Waals surface area contributed by atoms with Crippen molar-refractivity contribution in [2.45, 2.75) is 97.4 Å². The summed E-state index contributed by atoms with van der Waals surface area (Å²) in [7, 11) is 0.493. The van der Waals surface area contributed by atoms with Crippen molar-refractivity contribution >= 4 is 25.6 Å². The number of nitrogens with one attached hydrogen (secondary N) is 2. The molecule has 2 aliphatic carbocycles. The summed E-state index contributed by atoms with van der Waals surface area (Å²) >= 11 is 0. The zero-order chi connectivity index (χ0) is 32.8. The van der Waals surface area contributed by atoms with Crippen molar-refractivity contribution in [3.63, 3.8) is 0 Å².